The highest BCUT2D eigenvalue weighted by molar-refractivity contribution is 6.95. The van der Waals surface area contributed by atoms with Gasteiger partial charge in [0, 0.05) is 39.6 Å². The zero-order chi connectivity index (χ0) is 29.5. The lowest BCUT2D eigenvalue weighted by Crippen LogP contribution is -2.63. The van der Waals surface area contributed by atoms with Gasteiger partial charge in [-0.15, -0.1) is 0 Å². The van der Waals surface area contributed by atoms with Gasteiger partial charge in [0.25, 0.3) is 0 Å². The molecular formula is C42H27BN2. The minimum absolute atomic E-state index is 0.106. The number of para-hydroxylation sites is 2. The summed E-state index contributed by atoms with van der Waals surface area (Å²) >= 11 is 0. The Labute approximate surface area is 263 Å². The van der Waals surface area contributed by atoms with E-state index < -0.39 is 0 Å². The molecule has 7 aromatic rings. The Morgan fingerprint density at radius 2 is 0.778 bits per heavy atom. The Hall–Kier alpha value is -5.80. The second-order valence-corrected chi connectivity index (χ2v) is 12.1. The molecule has 0 unspecified atom stereocenters. The average molecular weight is 571 g/mol. The van der Waals surface area contributed by atoms with Gasteiger partial charge >= 0.3 is 6.85 Å². The predicted octanol–water partition coefficient (Wildman–Crippen LogP) is 9.71. The summed E-state index contributed by atoms with van der Waals surface area (Å²) in [7, 11) is 0. The molecule has 3 aliphatic rings. The van der Waals surface area contributed by atoms with Crippen LogP contribution in [0.1, 0.15) is 0 Å². The third-order valence-electron chi connectivity index (χ3n) is 9.77. The van der Waals surface area contributed by atoms with Crippen LogP contribution in [0.5, 0.6) is 0 Å². The van der Waals surface area contributed by atoms with Crippen molar-refractivity contribution < 1.29 is 0 Å². The van der Waals surface area contributed by atoms with Crippen LogP contribution in [0.4, 0.5) is 28.4 Å². The van der Waals surface area contributed by atoms with E-state index in [9.17, 15) is 0 Å². The Morgan fingerprint density at radius 3 is 1.42 bits per heavy atom. The van der Waals surface area contributed by atoms with Crippen LogP contribution in [0.2, 0.25) is 0 Å². The van der Waals surface area contributed by atoms with Crippen molar-refractivity contribution in [2.45, 2.75) is 0 Å². The van der Waals surface area contributed by atoms with Crippen LogP contribution in [-0.2, 0) is 0 Å². The normalized spacial score (nSPS) is 13.2. The SMILES string of the molecule is c1ccc(-c2cccc(-c3cccc(N4c5cccc6c5B5c7c(cccc74)-c4ccccc4N5c4ccccc4-6)c3)c2)cc1. The lowest BCUT2D eigenvalue weighted by Gasteiger charge is -2.49. The predicted molar refractivity (Wildman–Crippen MR) is 190 cm³/mol. The van der Waals surface area contributed by atoms with Crippen molar-refractivity contribution in [2.24, 2.45) is 0 Å². The van der Waals surface area contributed by atoms with Gasteiger partial charge in [0.15, 0.2) is 0 Å². The van der Waals surface area contributed by atoms with Crippen LogP contribution in [-0.4, -0.2) is 6.85 Å². The topological polar surface area (TPSA) is 6.48 Å². The van der Waals surface area contributed by atoms with Gasteiger partial charge in [-0.2, -0.15) is 0 Å². The highest BCUT2D eigenvalue weighted by Gasteiger charge is 2.48. The number of fused-ring (bicyclic) bond motifs is 6. The quantitative estimate of drug-likeness (QED) is 0.195. The van der Waals surface area contributed by atoms with E-state index in [2.05, 4.69) is 174 Å². The third-order valence-corrected chi connectivity index (χ3v) is 9.77. The van der Waals surface area contributed by atoms with Crippen LogP contribution in [0.15, 0.2) is 164 Å². The number of anilines is 5. The first-order chi connectivity index (χ1) is 22.3. The highest BCUT2D eigenvalue weighted by atomic mass is 15.2. The van der Waals surface area contributed by atoms with Gasteiger partial charge in [-0.05, 0) is 86.8 Å². The van der Waals surface area contributed by atoms with Gasteiger partial charge in [0.05, 0.1) is 0 Å². The smallest absolute Gasteiger partial charge is 0.333 e. The summed E-state index contributed by atoms with van der Waals surface area (Å²) in [6, 6.07) is 60.1. The molecular weight excluding hydrogens is 543 g/mol. The Morgan fingerprint density at radius 1 is 0.333 bits per heavy atom. The minimum atomic E-state index is 0.106. The van der Waals surface area contributed by atoms with Gasteiger partial charge in [0.2, 0.25) is 0 Å². The molecule has 2 nitrogen and oxygen atoms in total. The molecule has 10 rings (SSSR count). The Kier molecular flexibility index (Phi) is 5.12. The van der Waals surface area contributed by atoms with Crippen LogP contribution < -0.4 is 20.6 Å². The molecule has 0 aliphatic carbocycles. The van der Waals surface area contributed by atoms with Crippen molar-refractivity contribution in [3.63, 3.8) is 0 Å². The highest BCUT2D eigenvalue weighted by Crippen LogP contribution is 2.51. The van der Waals surface area contributed by atoms with Gasteiger partial charge in [-0.3, -0.25) is 0 Å². The van der Waals surface area contributed by atoms with Crippen molar-refractivity contribution in [3.8, 4) is 44.5 Å². The molecule has 0 saturated heterocycles. The third kappa shape index (κ3) is 3.47. The maximum Gasteiger partial charge on any atom is 0.333 e. The molecule has 0 spiro atoms. The largest absolute Gasteiger partial charge is 0.376 e. The number of hydrogen-bond donors (Lipinski definition) is 0. The van der Waals surface area contributed by atoms with Crippen LogP contribution in [0.3, 0.4) is 0 Å². The minimum Gasteiger partial charge on any atom is -0.376 e. The molecule has 208 valence electrons. The van der Waals surface area contributed by atoms with Crippen molar-refractivity contribution in [3.05, 3.63) is 164 Å². The number of rotatable bonds is 3. The molecule has 45 heavy (non-hydrogen) atoms. The average Bonchev–Trinajstić information content (AvgIpc) is 3.12. The van der Waals surface area contributed by atoms with Crippen molar-refractivity contribution in [1.29, 1.82) is 0 Å². The monoisotopic (exact) mass is 570 g/mol. The standard InChI is InChI=1S/C42H27BN2/c1-2-12-28(13-3-1)29-14-8-15-30(26-29)31-16-9-17-32(27-31)44-39-24-10-20-35-33-18-4-6-22-37(33)45-38-23-7-5-19-34(38)36-21-11-25-40(44)42(36)43(45)41(35)39/h1-27H. The van der Waals surface area contributed by atoms with Crippen LogP contribution >= 0.6 is 0 Å². The second-order valence-electron chi connectivity index (χ2n) is 12.1. The van der Waals surface area contributed by atoms with E-state index in [-0.39, 0.29) is 6.85 Å². The molecule has 0 N–H and O–H groups in total. The molecule has 3 heterocycles. The fourth-order valence-electron chi connectivity index (χ4n) is 7.92. The number of nitrogens with zero attached hydrogens (tertiary/aromatic N) is 2. The van der Waals surface area contributed by atoms with Gasteiger partial charge in [0.1, 0.15) is 0 Å². The maximum absolute atomic E-state index is 2.59. The van der Waals surface area contributed by atoms with E-state index >= 15 is 0 Å². The summed E-state index contributed by atoms with van der Waals surface area (Å²) in [5, 5.41) is 0. The zero-order valence-corrected chi connectivity index (χ0v) is 24.6. The van der Waals surface area contributed by atoms with Crippen LogP contribution in [0.25, 0.3) is 44.5 Å². The first kappa shape index (κ1) is 24.6. The summed E-state index contributed by atoms with van der Waals surface area (Å²) in [6.45, 7) is 0.106. The summed E-state index contributed by atoms with van der Waals surface area (Å²) in [5.74, 6) is 0. The van der Waals surface area contributed by atoms with Crippen molar-refractivity contribution in [2.75, 3.05) is 9.71 Å². The zero-order valence-electron chi connectivity index (χ0n) is 24.6. The molecule has 0 bridgehead atoms. The summed E-state index contributed by atoms with van der Waals surface area (Å²) < 4.78 is 0. The fourth-order valence-corrected chi connectivity index (χ4v) is 7.92. The molecule has 7 aromatic carbocycles. The number of hydrogen-bond acceptors (Lipinski definition) is 2. The molecule has 3 heteroatoms. The van der Waals surface area contributed by atoms with E-state index in [1.165, 1.54) is 83.9 Å². The Bertz CT molecular complexity index is 2210. The summed E-state index contributed by atoms with van der Waals surface area (Å²) in [4.78, 5) is 5.09. The molecule has 3 aliphatic heterocycles. The Balaban J connectivity index is 1.22. The van der Waals surface area contributed by atoms with Gasteiger partial charge in [-0.25, -0.2) is 0 Å². The van der Waals surface area contributed by atoms with Crippen molar-refractivity contribution in [1.82, 2.24) is 0 Å². The van der Waals surface area contributed by atoms with E-state index in [4.69, 9.17) is 0 Å². The summed E-state index contributed by atoms with van der Waals surface area (Å²) in [6.07, 6.45) is 0. The molecule has 0 fully saturated rings. The van der Waals surface area contributed by atoms with E-state index in [0.29, 0.717) is 0 Å². The van der Waals surface area contributed by atoms with Crippen molar-refractivity contribution >= 4 is 46.2 Å². The van der Waals surface area contributed by atoms with E-state index in [1.807, 2.05) is 0 Å². The van der Waals surface area contributed by atoms with E-state index in [1.54, 1.807) is 0 Å². The molecule has 0 radical (unpaired) electrons. The first-order valence-corrected chi connectivity index (χ1v) is 15.6. The first-order valence-electron chi connectivity index (χ1n) is 15.6. The second kappa shape index (κ2) is 9.35. The molecule has 0 aromatic heterocycles. The van der Waals surface area contributed by atoms with Crippen LogP contribution in [0, 0.1) is 0 Å². The lowest BCUT2D eigenvalue weighted by molar-refractivity contribution is 1.26. The van der Waals surface area contributed by atoms with E-state index in [0.717, 1.165) is 0 Å². The lowest BCUT2D eigenvalue weighted by atomic mass is 9.41. The maximum atomic E-state index is 2.59. The molecule has 0 atom stereocenters. The molecule has 0 saturated carbocycles. The fraction of sp³-hybridized carbons (Fsp3) is 0. The number of benzene rings is 7. The van der Waals surface area contributed by atoms with Gasteiger partial charge in [-0.1, -0.05) is 121 Å². The summed E-state index contributed by atoms with van der Waals surface area (Å²) in [5.41, 5.74) is 19.1. The molecule has 0 amide bonds. The van der Waals surface area contributed by atoms with Gasteiger partial charge < -0.3 is 9.71 Å².